The van der Waals surface area contributed by atoms with Crippen LogP contribution in [0.25, 0.3) is 0 Å². The maximum absolute atomic E-state index is 13.9. The van der Waals surface area contributed by atoms with E-state index in [2.05, 4.69) is 78.3 Å². The van der Waals surface area contributed by atoms with Crippen molar-refractivity contribution in [3.8, 4) is 0 Å². The molecule has 0 aromatic heterocycles. The molecule has 3 N–H and O–H groups in total. The fourth-order valence-electron chi connectivity index (χ4n) is 6.04. The highest BCUT2D eigenvalue weighted by Crippen LogP contribution is 2.22. The summed E-state index contributed by atoms with van der Waals surface area (Å²) in [5.41, 5.74) is 1.35. The van der Waals surface area contributed by atoms with Gasteiger partial charge in [-0.1, -0.05) is 124 Å². The highest BCUT2D eigenvalue weighted by atomic mass is 32.2. The standard InChI is InChI=1S/C47H65N3O7S/c1-4-5-6-7-8-9-10-11-12-13-14-15-16-17-18-19-20-21-25-28-46(52)48-41-29-31-43(32-30-41)58(54,55)50(36-39(2)3)37-45(51)44(35-40-26-23-22-24-27-40)49-47(53)57-42-33-34-56-38-42/h5-6,8-9,11-12,14-15,17-18,20-24,26-27,29-32,39,42,44-45,51H,4,7,10,13,16,19,25,28,33-38H2,1-3H3,(H,48,52)(H,49,53). The molecule has 1 saturated heterocycles. The summed E-state index contributed by atoms with van der Waals surface area (Å²) in [7, 11) is -4.06. The Morgan fingerprint density at radius 3 is 1.93 bits per heavy atom. The van der Waals surface area contributed by atoms with Crippen LogP contribution < -0.4 is 10.6 Å². The molecule has 316 valence electrons. The number of allylic oxidation sites excluding steroid dienone is 12. The Hall–Kier alpha value is -4.55. The molecule has 1 aliphatic rings. The zero-order valence-electron chi connectivity index (χ0n) is 34.6. The number of amides is 2. The summed E-state index contributed by atoms with van der Waals surface area (Å²) in [6.45, 7) is 6.65. The van der Waals surface area contributed by atoms with Gasteiger partial charge in [-0.05, 0) is 87.1 Å². The van der Waals surface area contributed by atoms with Gasteiger partial charge >= 0.3 is 6.09 Å². The Balaban J connectivity index is 1.46. The first-order chi connectivity index (χ1) is 28.1. The SMILES string of the molecule is CCC=CCC=CCC=CCC=CCC=CCC=CCCC(=O)Nc1ccc(S(=O)(=O)N(CC(C)C)CC(O)C(Cc2ccccc2)NC(=O)OC2CCOC2)cc1. The highest BCUT2D eigenvalue weighted by molar-refractivity contribution is 7.89. The summed E-state index contributed by atoms with van der Waals surface area (Å²) >= 11 is 0. The van der Waals surface area contributed by atoms with Crippen LogP contribution in [0.1, 0.15) is 84.1 Å². The van der Waals surface area contributed by atoms with Crippen molar-refractivity contribution in [2.24, 2.45) is 5.92 Å². The zero-order valence-corrected chi connectivity index (χ0v) is 35.4. The van der Waals surface area contributed by atoms with Gasteiger partial charge in [-0.25, -0.2) is 13.2 Å². The van der Waals surface area contributed by atoms with E-state index in [0.717, 1.165) is 44.1 Å². The number of aliphatic hydroxyl groups excluding tert-OH is 1. The van der Waals surface area contributed by atoms with Crippen LogP contribution >= 0.6 is 0 Å². The summed E-state index contributed by atoms with van der Waals surface area (Å²) in [6.07, 6.45) is 30.8. The van der Waals surface area contributed by atoms with E-state index in [0.29, 0.717) is 38.2 Å². The summed E-state index contributed by atoms with van der Waals surface area (Å²) in [5, 5.41) is 17.1. The molecule has 2 aromatic carbocycles. The van der Waals surface area contributed by atoms with Gasteiger partial charge < -0.3 is 25.2 Å². The largest absolute Gasteiger partial charge is 0.444 e. The number of hydrogen-bond acceptors (Lipinski definition) is 7. The van der Waals surface area contributed by atoms with Crippen LogP contribution in [0.4, 0.5) is 10.5 Å². The van der Waals surface area contributed by atoms with Gasteiger partial charge in [0.15, 0.2) is 0 Å². The van der Waals surface area contributed by atoms with Crippen LogP contribution in [0.3, 0.4) is 0 Å². The number of nitrogens with zero attached hydrogens (tertiary/aromatic N) is 1. The maximum atomic E-state index is 13.9. The molecule has 0 aliphatic carbocycles. The summed E-state index contributed by atoms with van der Waals surface area (Å²) in [4.78, 5) is 25.5. The van der Waals surface area contributed by atoms with Crippen molar-refractivity contribution in [2.75, 3.05) is 31.6 Å². The summed E-state index contributed by atoms with van der Waals surface area (Å²) in [5.74, 6) is -0.217. The van der Waals surface area contributed by atoms with Crippen molar-refractivity contribution in [1.29, 1.82) is 0 Å². The van der Waals surface area contributed by atoms with E-state index < -0.39 is 28.3 Å². The Labute approximate surface area is 347 Å². The van der Waals surface area contributed by atoms with Crippen molar-refractivity contribution < 1.29 is 32.6 Å². The number of anilines is 1. The van der Waals surface area contributed by atoms with Crippen molar-refractivity contribution >= 4 is 27.7 Å². The fraction of sp³-hybridized carbons (Fsp3) is 0.447. The monoisotopic (exact) mass is 815 g/mol. The summed E-state index contributed by atoms with van der Waals surface area (Å²) in [6, 6.07) is 14.6. The van der Waals surface area contributed by atoms with Crippen LogP contribution in [0, 0.1) is 5.92 Å². The van der Waals surface area contributed by atoms with E-state index in [9.17, 15) is 23.1 Å². The number of hydrogen-bond donors (Lipinski definition) is 3. The van der Waals surface area contributed by atoms with Crippen LogP contribution in [0.2, 0.25) is 0 Å². The minimum absolute atomic E-state index is 0.0320. The quantitative estimate of drug-likeness (QED) is 0.0807. The lowest BCUT2D eigenvalue weighted by Gasteiger charge is -2.30. The van der Waals surface area contributed by atoms with Gasteiger partial charge in [-0.3, -0.25) is 4.79 Å². The number of alkyl carbamates (subject to hydrolysis) is 1. The van der Waals surface area contributed by atoms with E-state index in [-0.39, 0.29) is 42.3 Å². The van der Waals surface area contributed by atoms with Gasteiger partial charge in [0.1, 0.15) is 6.10 Å². The molecule has 2 amide bonds. The van der Waals surface area contributed by atoms with E-state index in [1.54, 1.807) is 12.1 Å². The molecule has 3 rings (SSSR count). The zero-order chi connectivity index (χ0) is 41.9. The Kier molecular flexibility index (Phi) is 23.1. The predicted octanol–water partition coefficient (Wildman–Crippen LogP) is 9.24. The van der Waals surface area contributed by atoms with Crippen LogP contribution in [0.5, 0.6) is 0 Å². The molecule has 0 radical (unpaired) electrons. The second-order valence-corrected chi connectivity index (χ2v) is 16.6. The molecule has 1 aliphatic heterocycles. The average Bonchev–Trinajstić information content (AvgIpc) is 3.71. The van der Waals surface area contributed by atoms with Crippen LogP contribution in [0.15, 0.2) is 132 Å². The van der Waals surface area contributed by atoms with Crippen molar-refractivity contribution in [2.45, 2.75) is 108 Å². The second kappa shape index (κ2) is 28.0. The molecule has 0 bridgehead atoms. The Bertz CT molecular complexity index is 1760. The fourth-order valence-corrected chi connectivity index (χ4v) is 7.67. The topological polar surface area (TPSA) is 134 Å². The van der Waals surface area contributed by atoms with Crippen molar-refractivity contribution in [1.82, 2.24) is 9.62 Å². The molecule has 0 saturated carbocycles. The number of sulfonamides is 1. The van der Waals surface area contributed by atoms with Gasteiger partial charge in [0.25, 0.3) is 0 Å². The lowest BCUT2D eigenvalue weighted by molar-refractivity contribution is -0.116. The smallest absolute Gasteiger partial charge is 0.407 e. The maximum Gasteiger partial charge on any atom is 0.407 e. The lowest BCUT2D eigenvalue weighted by Crippen LogP contribution is -2.51. The van der Waals surface area contributed by atoms with E-state index in [1.165, 1.54) is 16.4 Å². The number of carbonyl (C=O) groups excluding carboxylic acids is 2. The number of aliphatic hydroxyl groups is 1. The minimum atomic E-state index is -4.06. The molecule has 0 spiro atoms. The molecule has 11 heteroatoms. The van der Waals surface area contributed by atoms with Crippen molar-refractivity contribution in [3.63, 3.8) is 0 Å². The number of nitrogens with one attached hydrogen (secondary N) is 2. The molecule has 1 heterocycles. The first-order valence-corrected chi connectivity index (χ1v) is 22.1. The normalized spacial score (nSPS) is 16.3. The number of ether oxygens (including phenoxy) is 2. The van der Waals surface area contributed by atoms with Crippen LogP contribution in [-0.2, 0) is 30.7 Å². The third-order valence-electron chi connectivity index (χ3n) is 9.10. The van der Waals surface area contributed by atoms with Gasteiger partial charge in [0.05, 0.1) is 30.3 Å². The average molecular weight is 816 g/mol. The number of benzene rings is 2. The molecule has 58 heavy (non-hydrogen) atoms. The highest BCUT2D eigenvalue weighted by Gasteiger charge is 2.32. The van der Waals surface area contributed by atoms with E-state index in [4.69, 9.17) is 9.47 Å². The Morgan fingerprint density at radius 1 is 0.828 bits per heavy atom. The van der Waals surface area contributed by atoms with Gasteiger partial charge in [0.2, 0.25) is 15.9 Å². The number of rotatable bonds is 26. The molecular formula is C47H65N3O7S. The Morgan fingerprint density at radius 2 is 1.40 bits per heavy atom. The molecule has 10 nitrogen and oxygen atoms in total. The second-order valence-electron chi connectivity index (χ2n) is 14.6. The molecule has 2 aromatic rings. The van der Waals surface area contributed by atoms with E-state index >= 15 is 0 Å². The van der Waals surface area contributed by atoms with E-state index in [1.807, 2.05) is 56.3 Å². The first-order valence-electron chi connectivity index (χ1n) is 20.6. The molecule has 3 atom stereocenters. The molecule has 3 unspecified atom stereocenters. The molecule has 1 fully saturated rings. The predicted molar refractivity (Wildman–Crippen MR) is 235 cm³/mol. The van der Waals surface area contributed by atoms with Crippen molar-refractivity contribution in [3.05, 3.63) is 133 Å². The van der Waals surface area contributed by atoms with Gasteiger partial charge in [-0.15, -0.1) is 0 Å². The number of carbonyl (C=O) groups is 2. The lowest BCUT2D eigenvalue weighted by atomic mass is 10.0. The third-order valence-corrected chi connectivity index (χ3v) is 10.9. The van der Waals surface area contributed by atoms with Gasteiger partial charge in [0, 0.05) is 31.6 Å². The van der Waals surface area contributed by atoms with Crippen LogP contribution in [-0.4, -0.2) is 74.4 Å². The third kappa shape index (κ3) is 19.7. The summed E-state index contributed by atoms with van der Waals surface area (Å²) < 4.78 is 39.9. The molecular weight excluding hydrogens is 751 g/mol. The first kappa shape index (κ1) is 47.8. The van der Waals surface area contributed by atoms with Gasteiger partial charge in [-0.2, -0.15) is 4.31 Å². The minimum Gasteiger partial charge on any atom is -0.444 e.